The van der Waals surface area contributed by atoms with Crippen LogP contribution in [0.25, 0.3) is 0 Å². The van der Waals surface area contributed by atoms with E-state index in [1.165, 1.54) is 5.56 Å². The van der Waals surface area contributed by atoms with Gasteiger partial charge >= 0.3 is 0 Å². The molecule has 0 unspecified atom stereocenters. The van der Waals surface area contributed by atoms with Gasteiger partial charge in [0.25, 0.3) is 0 Å². The Labute approximate surface area is 197 Å². The SMILES string of the molecule is CN(C)CC#Cc1ccc([C@@H]2[C@@H](CO)N3CCCCN(C(=O)Cc4ccccn4)C[C@H]23)cc1. The van der Waals surface area contributed by atoms with E-state index in [1.54, 1.807) is 6.20 Å². The molecule has 33 heavy (non-hydrogen) atoms. The molecule has 3 heterocycles. The van der Waals surface area contributed by atoms with Crippen molar-refractivity contribution in [3.05, 3.63) is 65.5 Å². The number of hydrogen-bond acceptors (Lipinski definition) is 5. The Bertz CT molecular complexity index is 981. The highest BCUT2D eigenvalue weighted by molar-refractivity contribution is 5.78. The molecule has 3 atom stereocenters. The molecule has 1 N–H and O–H groups in total. The van der Waals surface area contributed by atoms with Crippen molar-refractivity contribution in [2.75, 3.05) is 46.9 Å². The molecule has 0 saturated carbocycles. The van der Waals surface area contributed by atoms with Gasteiger partial charge in [0.15, 0.2) is 0 Å². The largest absolute Gasteiger partial charge is 0.395 e. The van der Waals surface area contributed by atoms with Crippen molar-refractivity contribution in [2.24, 2.45) is 0 Å². The summed E-state index contributed by atoms with van der Waals surface area (Å²) in [5, 5.41) is 10.2. The number of aliphatic hydroxyl groups is 1. The maximum absolute atomic E-state index is 13.1. The normalized spacial score (nSPS) is 23.0. The van der Waals surface area contributed by atoms with E-state index in [2.05, 4.69) is 46.0 Å². The lowest BCUT2D eigenvalue weighted by molar-refractivity contribution is -0.135. The van der Waals surface area contributed by atoms with Crippen molar-refractivity contribution in [2.45, 2.75) is 37.3 Å². The minimum atomic E-state index is 0.103. The molecule has 6 heteroatoms. The van der Waals surface area contributed by atoms with Crippen molar-refractivity contribution in [3.63, 3.8) is 0 Å². The Morgan fingerprint density at radius 1 is 1.15 bits per heavy atom. The summed E-state index contributed by atoms with van der Waals surface area (Å²) >= 11 is 0. The van der Waals surface area contributed by atoms with E-state index in [-0.39, 0.29) is 30.5 Å². The number of aromatic nitrogens is 1. The molecule has 0 radical (unpaired) electrons. The quantitative estimate of drug-likeness (QED) is 0.712. The maximum Gasteiger partial charge on any atom is 0.228 e. The second kappa shape index (κ2) is 10.9. The third kappa shape index (κ3) is 5.62. The fourth-order valence-corrected chi connectivity index (χ4v) is 5.02. The number of rotatable bonds is 5. The Hall–Kier alpha value is -2.72. The number of benzene rings is 1. The molecule has 174 valence electrons. The van der Waals surface area contributed by atoms with Crippen LogP contribution in [0, 0.1) is 11.8 Å². The smallest absolute Gasteiger partial charge is 0.228 e. The minimum absolute atomic E-state index is 0.103. The van der Waals surface area contributed by atoms with E-state index in [0.29, 0.717) is 13.0 Å². The number of pyridine rings is 1. The summed E-state index contributed by atoms with van der Waals surface area (Å²) in [6.07, 6.45) is 4.09. The molecule has 2 aliphatic rings. The molecular weight excluding hydrogens is 412 g/mol. The maximum atomic E-state index is 13.1. The number of hydrogen-bond donors (Lipinski definition) is 1. The highest BCUT2D eigenvalue weighted by Crippen LogP contribution is 2.42. The molecule has 0 bridgehead atoms. The lowest BCUT2D eigenvalue weighted by Gasteiger charge is -2.57. The number of fused-ring (bicyclic) bond motifs is 1. The summed E-state index contributed by atoms with van der Waals surface area (Å²) in [6.45, 7) is 3.32. The molecule has 2 saturated heterocycles. The molecule has 0 aliphatic carbocycles. The topological polar surface area (TPSA) is 59.9 Å². The Morgan fingerprint density at radius 2 is 1.94 bits per heavy atom. The Balaban J connectivity index is 1.49. The van der Waals surface area contributed by atoms with Crippen molar-refractivity contribution >= 4 is 5.91 Å². The van der Waals surface area contributed by atoms with Crippen molar-refractivity contribution in [1.29, 1.82) is 0 Å². The van der Waals surface area contributed by atoms with Gasteiger partial charge in [-0.05, 0) is 63.3 Å². The highest BCUT2D eigenvalue weighted by atomic mass is 16.3. The number of amides is 1. The van der Waals surface area contributed by atoms with Crippen LogP contribution in [0.5, 0.6) is 0 Å². The van der Waals surface area contributed by atoms with Gasteiger partial charge in [0, 0.05) is 48.5 Å². The van der Waals surface area contributed by atoms with Crippen LogP contribution >= 0.6 is 0 Å². The summed E-state index contributed by atoms with van der Waals surface area (Å²) in [7, 11) is 4.02. The summed E-state index contributed by atoms with van der Waals surface area (Å²) < 4.78 is 0. The van der Waals surface area contributed by atoms with Gasteiger partial charge < -0.3 is 10.0 Å². The summed E-state index contributed by atoms with van der Waals surface area (Å²) in [4.78, 5) is 23.9. The lowest BCUT2D eigenvalue weighted by Crippen LogP contribution is -2.68. The van der Waals surface area contributed by atoms with Gasteiger partial charge in [-0.3, -0.25) is 19.6 Å². The van der Waals surface area contributed by atoms with Gasteiger partial charge in [0.2, 0.25) is 5.91 Å². The zero-order valence-corrected chi connectivity index (χ0v) is 19.7. The average molecular weight is 447 g/mol. The van der Waals surface area contributed by atoms with Crippen LogP contribution < -0.4 is 0 Å². The van der Waals surface area contributed by atoms with Crippen molar-refractivity contribution < 1.29 is 9.90 Å². The molecule has 1 aromatic heterocycles. The van der Waals surface area contributed by atoms with E-state index in [9.17, 15) is 9.90 Å². The molecule has 2 aliphatic heterocycles. The molecular formula is C27H34N4O2. The second-order valence-corrected chi connectivity index (χ2v) is 9.29. The lowest BCUT2D eigenvalue weighted by atomic mass is 9.74. The van der Waals surface area contributed by atoms with E-state index >= 15 is 0 Å². The first-order valence-electron chi connectivity index (χ1n) is 11.8. The first kappa shape index (κ1) is 23.4. The highest BCUT2D eigenvalue weighted by Gasteiger charge is 2.49. The molecule has 0 spiro atoms. The van der Waals surface area contributed by atoms with Gasteiger partial charge in [-0.2, -0.15) is 0 Å². The fourth-order valence-electron chi connectivity index (χ4n) is 5.02. The predicted molar refractivity (Wildman–Crippen MR) is 130 cm³/mol. The molecule has 6 nitrogen and oxygen atoms in total. The van der Waals surface area contributed by atoms with Crippen molar-refractivity contribution in [1.82, 2.24) is 19.7 Å². The van der Waals surface area contributed by atoms with Crippen LogP contribution in [-0.2, 0) is 11.2 Å². The van der Waals surface area contributed by atoms with Crippen molar-refractivity contribution in [3.8, 4) is 11.8 Å². The fraction of sp³-hybridized carbons (Fsp3) is 0.481. The third-order valence-electron chi connectivity index (χ3n) is 6.70. The number of aliphatic hydroxyl groups excluding tert-OH is 1. The Morgan fingerprint density at radius 3 is 2.64 bits per heavy atom. The van der Waals surface area contributed by atoms with Crippen LogP contribution in [0.3, 0.4) is 0 Å². The van der Waals surface area contributed by atoms with Gasteiger partial charge in [-0.25, -0.2) is 0 Å². The zero-order valence-electron chi connectivity index (χ0n) is 19.7. The number of carbonyl (C=O) groups is 1. The molecule has 1 aromatic carbocycles. The Kier molecular flexibility index (Phi) is 7.77. The third-order valence-corrected chi connectivity index (χ3v) is 6.70. The first-order chi connectivity index (χ1) is 16.1. The van der Waals surface area contributed by atoms with Gasteiger partial charge in [-0.15, -0.1) is 0 Å². The first-order valence-corrected chi connectivity index (χ1v) is 11.8. The second-order valence-electron chi connectivity index (χ2n) is 9.29. The van der Waals surface area contributed by atoms with Crippen LogP contribution in [0.1, 0.15) is 35.6 Å². The summed E-state index contributed by atoms with van der Waals surface area (Å²) in [5.74, 6) is 6.73. The van der Waals surface area contributed by atoms with Gasteiger partial charge in [-0.1, -0.05) is 30.0 Å². The zero-order chi connectivity index (χ0) is 23.2. The molecule has 1 amide bonds. The van der Waals surface area contributed by atoms with Crippen LogP contribution in [-0.4, -0.2) is 89.7 Å². The van der Waals surface area contributed by atoms with E-state index in [1.807, 2.05) is 42.1 Å². The predicted octanol–water partition coefficient (Wildman–Crippen LogP) is 1.99. The average Bonchev–Trinajstić information content (AvgIpc) is 2.79. The van der Waals surface area contributed by atoms with E-state index < -0.39 is 0 Å². The van der Waals surface area contributed by atoms with Gasteiger partial charge in [0.1, 0.15) is 0 Å². The van der Waals surface area contributed by atoms with Crippen LogP contribution in [0.2, 0.25) is 0 Å². The van der Waals surface area contributed by atoms with Crippen LogP contribution in [0.4, 0.5) is 0 Å². The van der Waals surface area contributed by atoms with E-state index in [0.717, 1.165) is 43.7 Å². The summed E-state index contributed by atoms with van der Waals surface area (Å²) in [6, 6.07) is 14.5. The minimum Gasteiger partial charge on any atom is -0.395 e. The monoisotopic (exact) mass is 446 g/mol. The van der Waals surface area contributed by atoms with Crippen LogP contribution in [0.15, 0.2) is 48.7 Å². The van der Waals surface area contributed by atoms with E-state index in [4.69, 9.17) is 0 Å². The molecule has 2 aromatic rings. The molecule has 2 fully saturated rings. The number of carbonyl (C=O) groups excluding carboxylic acids is 1. The van der Waals surface area contributed by atoms with Gasteiger partial charge in [0.05, 0.1) is 19.6 Å². The summed E-state index contributed by atoms with van der Waals surface area (Å²) in [5.41, 5.74) is 3.03. The standard InChI is InChI=1S/C27H34N4O2/c1-29(2)15-7-8-21-10-12-22(13-11-21)27-24-19-30(16-5-6-17-31(24)25(27)20-32)26(33)18-23-9-3-4-14-28-23/h3-4,9-14,24-25,27,32H,5-6,15-20H2,1-2H3/t24-,25-,27+/m1/s1. The number of nitrogens with zero attached hydrogens (tertiary/aromatic N) is 4. The molecule has 4 rings (SSSR count).